The molecule has 2 heterocycles. The highest BCUT2D eigenvalue weighted by Crippen LogP contribution is 2.37. The first kappa shape index (κ1) is 13.7. The molecule has 20 heavy (non-hydrogen) atoms. The van der Waals surface area contributed by atoms with E-state index in [1.165, 1.54) is 0 Å². The molecule has 1 atom stereocenters. The molecule has 0 aliphatic carbocycles. The van der Waals surface area contributed by atoms with Crippen molar-refractivity contribution < 1.29 is 8.42 Å². The molecule has 1 unspecified atom stereocenters. The molecule has 4 nitrogen and oxygen atoms in total. The number of hydrogen-bond donors (Lipinski definition) is 1. The van der Waals surface area contributed by atoms with E-state index in [2.05, 4.69) is 4.98 Å². The van der Waals surface area contributed by atoms with Crippen molar-refractivity contribution in [2.24, 2.45) is 5.73 Å². The summed E-state index contributed by atoms with van der Waals surface area (Å²) in [5.74, 6) is 0.530. The van der Waals surface area contributed by atoms with Crippen LogP contribution in [-0.4, -0.2) is 24.9 Å². The third-order valence-electron chi connectivity index (χ3n) is 3.52. The summed E-state index contributed by atoms with van der Waals surface area (Å²) in [5, 5.41) is 0.908. The summed E-state index contributed by atoms with van der Waals surface area (Å²) in [6, 6.07) is 9.99. The molecule has 0 saturated carbocycles. The molecule has 0 radical (unpaired) electrons. The lowest BCUT2D eigenvalue weighted by molar-refractivity contribution is 0.601. The summed E-state index contributed by atoms with van der Waals surface area (Å²) >= 11 is 1.58. The highest BCUT2D eigenvalue weighted by Gasteiger charge is 2.31. The van der Waals surface area contributed by atoms with Gasteiger partial charge in [0.15, 0.2) is 9.84 Å². The predicted octanol–water partition coefficient (Wildman–Crippen LogP) is 2.17. The fourth-order valence-electron chi connectivity index (χ4n) is 2.49. The van der Waals surface area contributed by atoms with Crippen molar-refractivity contribution in [2.45, 2.75) is 18.9 Å². The van der Waals surface area contributed by atoms with Crippen LogP contribution in [-0.2, 0) is 16.4 Å². The Balaban J connectivity index is 1.98. The Labute approximate surface area is 122 Å². The Morgan fingerprint density at radius 1 is 1.30 bits per heavy atom. The van der Waals surface area contributed by atoms with Crippen molar-refractivity contribution in [3.8, 4) is 10.4 Å². The molecule has 0 bridgehead atoms. The van der Waals surface area contributed by atoms with E-state index in [1.54, 1.807) is 11.3 Å². The third kappa shape index (κ3) is 2.63. The molecule has 3 rings (SSSR count). The number of benzene rings is 1. The minimum atomic E-state index is -2.88. The van der Waals surface area contributed by atoms with Gasteiger partial charge in [-0.3, -0.25) is 0 Å². The standard InChI is InChI=1S/C14H16N2O2S2/c15-8-12-13(10-4-2-1-3-5-10)19-14(16-12)11-6-7-20(17,18)9-11/h1-5,11H,6-9,15H2. The number of aromatic nitrogens is 1. The molecule has 1 fully saturated rings. The molecule has 1 aromatic heterocycles. The SMILES string of the molecule is NCc1nc(C2CCS(=O)(=O)C2)sc1-c1ccccc1. The molecule has 1 aromatic carbocycles. The van der Waals surface area contributed by atoms with Crippen molar-refractivity contribution in [1.29, 1.82) is 0 Å². The second kappa shape index (κ2) is 5.27. The van der Waals surface area contributed by atoms with Gasteiger partial charge in [-0.15, -0.1) is 11.3 Å². The average Bonchev–Trinajstić information content (AvgIpc) is 3.02. The summed E-state index contributed by atoms with van der Waals surface area (Å²) < 4.78 is 23.2. The van der Waals surface area contributed by atoms with Crippen LogP contribution in [0.5, 0.6) is 0 Å². The predicted molar refractivity (Wildman–Crippen MR) is 81.5 cm³/mol. The van der Waals surface area contributed by atoms with Crippen LogP contribution in [0.3, 0.4) is 0 Å². The zero-order chi connectivity index (χ0) is 14.2. The Hall–Kier alpha value is -1.24. The summed E-state index contributed by atoms with van der Waals surface area (Å²) in [7, 11) is -2.88. The van der Waals surface area contributed by atoms with Crippen LogP contribution in [0.4, 0.5) is 0 Å². The lowest BCUT2D eigenvalue weighted by atomic mass is 10.1. The monoisotopic (exact) mass is 308 g/mol. The van der Waals surface area contributed by atoms with Gasteiger partial charge in [-0.25, -0.2) is 13.4 Å². The molecular formula is C14H16N2O2S2. The minimum absolute atomic E-state index is 0.0350. The Morgan fingerprint density at radius 3 is 2.65 bits per heavy atom. The van der Waals surface area contributed by atoms with Crippen LogP contribution in [0.25, 0.3) is 10.4 Å². The van der Waals surface area contributed by atoms with E-state index in [9.17, 15) is 8.42 Å². The van der Waals surface area contributed by atoms with Crippen molar-refractivity contribution in [2.75, 3.05) is 11.5 Å². The normalized spacial score (nSPS) is 21.1. The first-order chi connectivity index (χ1) is 9.59. The zero-order valence-electron chi connectivity index (χ0n) is 11.0. The molecule has 2 N–H and O–H groups in total. The van der Waals surface area contributed by atoms with E-state index in [1.807, 2.05) is 30.3 Å². The lowest BCUT2D eigenvalue weighted by Crippen LogP contribution is -2.04. The highest BCUT2D eigenvalue weighted by molar-refractivity contribution is 7.91. The van der Waals surface area contributed by atoms with Gasteiger partial charge >= 0.3 is 0 Å². The van der Waals surface area contributed by atoms with E-state index < -0.39 is 9.84 Å². The molecule has 106 valence electrons. The van der Waals surface area contributed by atoms with E-state index >= 15 is 0 Å². The number of nitrogens with two attached hydrogens (primary N) is 1. The fraction of sp³-hybridized carbons (Fsp3) is 0.357. The van der Waals surface area contributed by atoms with Crippen LogP contribution >= 0.6 is 11.3 Å². The fourth-order valence-corrected chi connectivity index (χ4v) is 5.57. The summed E-state index contributed by atoms with van der Waals surface area (Å²) in [6.07, 6.45) is 0.675. The molecule has 1 aliphatic heterocycles. The smallest absolute Gasteiger partial charge is 0.151 e. The van der Waals surface area contributed by atoms with E-state index in [-0.39, 0.29) is 17.4 Å². The first-order valence-corrected chi connectivity index (χ1v) is 9.18. The van der Waals surface area contributed by atoms with E-state index in [4.69, 9.17) is 5.73 Å². The Morgan fingerprint density at radius 2 is 2.05 bits per heavy atom. The van der Waals surface area contributed by atoms with Crippen molar-refractivity contribution in [3.05, 3.63) is 41.0 Å². The van der Waals surface area contributed by atoms with Gasteiger partial charge in [0.05, 0.1) is 27.1 Å². The number of thiazole rings is 1. The highest BCUT2D eigenvalue weighted by atomic mass is 32.2. The number of rotatable bonds is 3. The molecule has 2 aromatic rings. The third-order valence-corrected chi connectivity index (χ3v) is 6.60. The van der Waals surface area contributed by atoms with Crippen LogP contribution in [0.2, 0.25) is 0 Å². The average molecular weight is 308 g/mol. The van der Waals surface area contributed by atoms with Gasteiger partial charge in [0.25, 0.3) is 0 Å². The second-order valence-corrected chi connectivity index (χ2v) is 8.26. The number of sulfone groups is 1. The van der Waals surface area contributed by atoms with Gasteiger partial charge < -0.3 is 5.73 Å². The van der Waals surface area contributed by atoms with E-state index in [0.717, 1.165) is 21.1 Å². The number of nitrogens with zero attached hydrogens (tertiary/aromatic N) is 1. The first-order valence-electron chi connectivity index (χ1n) is 6.54. The quantitative estimate of drug-likeness (QED) is 0.943. The second-order valence-electron chi connectivity index (χ2n) is 5.00. The number of hydrogen-bond acceptors (Lipinski definition) is 5. The van der Waals surface area contributed by atoms with Crippen molar-refractivity contribution in [1.82, 2.24) is 4.98 Å². The summed E-state index contributed by atoms with van der Waals surface area (Å²) in [6.45, 7) is 0.375. The van der Waals surface area contributed by atoms with Gasteiger partial charge in [-0.05, 0) is 12.0 Å². The van der Waals surface area contributed by atoms with Crippen LogP contribution in [0.15, 0.2) is 30.3 Å². The van der Waals surface area contributed by atoms with Gasteiger partial charge in [0.1, 0.15) is 0 Å². The van der Waals surface area contributed by atoms with Crippen LogP contribution in [0, 0.1) is 0 Å². The van der Waals surface area contributed by atoms with Gasteiger partial charge in [0.2, 0.25) is 0 Å². The maximum absolute atomic E-state index is 11.6. The van der Waals surface area contributed by atoms with Gasteiger partial charge in [-0.1, -0.05) is 30.3 Å². The Bertz CT molecular complexity index is 708. The van der Waals surface area contributed by atoms with Gasteiger partial charge in [0, 0.05) is 12.5 Å². The molecule has 0 amide bonds. The van der Waals surface area contributed by atoms with Crippen molar-refractivity contribution in [3.63, 3.8) is 0 Å². The molecule has 1 aliphatic rings. The summed E-state index contributed by atoms with van der Waals surface area (Å²) in [4.78, 5) is 5.64. The van der Waals surface area contributed by atoms with Crippen molar-refractivity contribution >= 4 is 21.2 Å². The van der Waals surface area contributed by atoms with E-state index in [0.29, 0.717) is 13.0 Å². The molecule has 6 heteroatoms. The van der Waals surface area contributed by atoms with Gasteiger partial charge in [-0.2, -0.15) is 0 Å². The zero-order valence-corrected chi connectivity index (χ0v) is 12.6. The Kier molecular flexibility index (Phi) is 3.62. The maximum atomic E-state index is 11.6. The maximum Gasteiger partial charge on any atom is 0.151 e. The molecule has 1 saturated heterocycles. The largest absolute Gasteiger partial charge is 0.325 e. The summed E-state index contributed by atoms with van der Waals surface area (Å²) in [5.41, 5.74) is 7.74. The van der Waals surface area contributed by atoms with Crippen LogP contribution < -0.4 is 5.73 Å². The molecule has 0 spiro atoms. The minimum Gasteiger partial charge on any atom is -0.325 e. The topological polar surface area (TPSA) is 73.0 Å². The van der Waals surface area contributed by atoms with Crippen LogP contribution in [0.1, 0.15) is 23.0 Å². The lowest BCUT2D eigenvalue weighted by Gasteiger charge is -2.01. The molecular weight excluding hydrogens is 292 g/mol.